The molecule has 2 aliphatic rings. The molecule has 1 aromatic carbocycles. The van der Waals surface area contributed by atoms with E-state index in [9.17, 15) is 4.79 Å². The monoisotopic (exact) mass is 484 g/mol. The first-order valence-corrected chi connectivity index (χ1v) is 13.0. The summed E-state index contributed by atoms with van der Waals surface area (Å²) < 4.78 is 6.52. The van der Waals surface area contributed by atoms with Crippen molar-refractivity contribution < 1.29 is 9.53 Å². The number of amides is 1. The molecular weight excluding hydrogens is 456 g/mol. The summed E-state index contributed by atoms with van der Waals surface area (Å²) in [6.45, 7) is 6.88. The SMILES string of the molecule is O=C(c1ccc(-c2cc(NCCCN3CCCC3)c3sccc3n2)cc1Cl)N1CCOCC1. The molecule has 0 atom stereocenters. The first-order valence-electron chi connectivity index (χ1n) is 11.7. The number of halogens is 1. The molecule has 6 nitrogen and oxygen atoms in total. The summed E-state index contributed by atoms with van der Waals surface area (Å²) in [5, 5.41) is 6.17. The molecule has 1 N–H and O–H groups in total. The van der Waals surface area contributed by atoms with Crippen molar-refractivity contribution in [2.24, 2.45) is 0 Å². The van der Waals surface area contributed by atoms with Crippen molar-refractivity contribution in [3.05, 3.63) is 46.3 Å². The standard InChI is InChI=1S/C25H29ClN4O2S/c26-20-16-18(4-5-19(20)25(31)30-11-13-32-14-12-30)22-17-23(24-21(28-22)6-15-33-24)27-7-3-10-29-8-1-2-9-29/h4-6,15-17H,1-3,7-14H2,(H,27,28). The van der Waals surface area contributed by atoms with Gasteiger partial charge in [0.1, 0.15) is 0 Å². The van der Waals surface area contributed by atoms with Crippen molar-refractivity contribution >= 4 is 44.7 Å². The molecule has 0 bridgehead atoms. The largest absolute Gasteiger partial charge is 0.384 e. The third kappa shape index (κ3) is 5.17. The number of morpholine rings is 1. The van der Waals surface area contributed by atoms with Crippen LogP contribution in [-0.2, 0) is 4.74 Å². The second-order valence-electron chi connectivity index (χ2n) is 8.62. The molecule has 4 heterocycles. The Morgan fingerprint density at radius 2 is 1.94 bits per heavy atom. The van der Waals surface area contributed by atoms with Gasteiger partial charge in [-0.2, -0.15) is 0 Å². The summed E-state index contributed by atoms with van der Waals surface area (Å²) in [4.78, 5) is 22.1. The minimum absolute atomic E-state index is 0.0450. The molecule has 33 heavy (non-hydrogen) atoms. The van der Waals surface area contributed by atoms with Gasteiger partial charge in [0.2, 0.25) is 0 Å². The van der Waals surface area contributed by atoms with E-state index in [0.29, 0.717) is 36.9 Å². The minimum atomic E-state index is -0.0450. The van der Waals surface area contributed by atoms with Crippen molar-refractivity contribution in [2.75, 3.05) is 57.8 Å². The highest BCUT2D eigenvalue weighted by molar-refractivity contribution is 7.17. The Balaban J connectivity index is 1.33. The van der Waals surface area contributed by atoms with E-state index < -0.39 is 0 Å². The number of likely N-dealkylation sites (tertiary alicyclic amines) is 1. The summed E-state index contributed by atoms with van der Waals surface area (Å²) in [6.07, 6.45) is 3.78. The molecule has 1 amide bonds. The van der Waals surface area contributed by atoms with Gasteiger partial charge in [0.15, 0.2) is 0 Å². The number of nitrogens with zero attached hydrogens (tertiary/aromatic N) is 3. The third-order valence-electron chi connectivity index (χ3n) is 6.37. The zero-order valence-corrected chi connectivity index (χ0v) is 20.3. The smallest absolute Gasteiger partial charge is 0.255 e. The van der Waals surface area contributed by atoms with Gasteiger partial charge >= 0.3 is 0 Å². The Morgan fingerprint density at radius 1 is 1.12 bits per heavy atom. The Bertz CT molecular complexity index is 1120. The molecule has 3 aromatic rings. The third-order valence-corrected chi connectivity index (χ3v) is 7.62. The number of carbonyl (C=O) groups is 1. The summed E-state index contributed by atoms with van der Waals surface area (Å²) in [7, 11) is 0. The lowest BCUT2D eigenvalue weighted by molar-refractivity contribution is 0.0303. The van der Waals surface area contributed by atoms with Crippen LogP contribution in [0.4, 0.5) is 5.69 Å². The van der Waals surface area contributed by atoms with E-state index in [1.165, 1.54) is 30.6 Å². The van der Waals surface area contributed by atoms with Crippen molar-refractivity contribution in [2.45, 2.75) is 19.3 Å². The fourth-order valence-corrected chi connectivity index (χ4v) is 5.64. The molecule has 5 rings (SSSR count). The second-order valence-corrected chi connectivity index (χ2v) is 9.94. The van der Waals surface area contributed by atoms with E-state index in [-0.39, 0.29) is 5.91 Å². The van der Waals surface area contributed by atoms with E-state index in [2.05, 4.69) is 27.7 Å². The zero-order chi connectivity index (χ0) is 22.6. The van der Waals surface area contributed by atoms with E-state index in [4.69, 9.17) is 21.3 Å². The number of ether oxygens (including phenoxy) is 1. The molecule has 0 unspecified atom stereocenters. The van der Waals surface area contributed by atoms with Gasteiger partial charge in [-0.15, -0.1) is 11.3 Å². The van der Waals surface area contributed by atoms with E-state index in [0.717, 1.165) is 42.0 Å². The second kappa shape index (κ2) is 10.4. The van der Waals surface area contributed by atoms with E-state index in [1.807, 2.05) is 18.2 Å². The van der Waals surface area contributed by atoms with Crippen LogP contribution in [0.3, 0.4) is 0 Å². The van der Waals surface area contributed by atoms with Crippen LogP contribution in [0.5, 0.6) is 0 Å². The molecule has 8 heteroatoms. The molecule has 2 fully saturated rings. The van der Waals surface area contributed by atoms with Crippen LogP contribution < -0.4 is 5.32 Å². The summed E-state index contributed by atoms with van der Waals surface area (Å²) >= 11 is 8.27. The van der Waals surface area contributed by atoms with Crippen LogP contribution >= 0.6 is 22.9 Å². The van der Waals surface area contributed by atoms with Crippen LogP contribution in [0.15, 0.2) is 35.7 Å². The number of thiophene rings is 1. The highest BCUT2D eigenvalue weighted by Gasteiger charge is 2.21. The predicted octanol–water partition coefficient (Wildman–Crippen LogP) is 4.99. The van der Waals surface area contributed by atoms with Gasteiger partial charge in [-0.05, 0) is 68.5 Å². The summed E-state index contributed by atoms with van der Waals surface area (Å²) in [5.74, 6) is -0.0450. The van der Waals surface area contributed by atoms with Gasteiger partial charge in [-0.25, -0.2) is 4.98 Å². The number of carbonyl (C=O) groups excluding carboxylic acids is 1. The average Bonchev–Trinajstić information content (AvgIpc) is 3.54. The fourth-order valence-electron chi connectivity index (χ4n) is 4.55. The highest BCUT2D eigenvalue weighted by Crippen LogP contribution is 2.33. The number of fused-ring (bicyclic) bond motifs is 1. The van der Waals surface area contributed by atoms with Gasteiger partial charge in [0, 0.05) is 25.2 Å². The molecule has 0 saturated carbocycles. The van der Waals surface area contributed by atoms with E-state index >= 15 is 0 Å². The molecule has 2 aliphatic heterocycles. The quantitative estimate of drug-likeness (QED) is 0.479. The maximum Gasteiger partial charge on any atom is 0.255 e. The number of benzene rings is 1. The van der Waals surface area contributed by atoms with Crippen molar-refractivity contribution in [1.82, 2.24) is 14.8 Å². The first-order chi connectivity index (χ1) is 16.2. The molecule has 174 valence electrons. The number of hydrogen-bond donors (Lipinski definition) is 1. The normalized spacial score (nSPS) is 17.1. The Labute approximate surface area is 203 Å². The highest BCUT2D eigenvalue weighted by atomic mass is 35.5. The fraction of sp³-hybridized carbons (Fsp3) is 0.440. The van der Waals surface area contributed by atoms with Gasteiger partial charge in [-0.3, -0.25) is 4.79 Å². The van der Waals surface area contributed by atoms with Crippen molar-refractivity contribution in [3.8, 4) is 11.3 Å². The lowest BCUT2D eigenvalue weighted by atomic mass is 10.1. The summed E-state index contributed by atoms with van der Waals surface area (Å²) in [5.41, 5.74) is 4.38. The van der Waals surface area contributed by atoms with Crippen molar-refractivity contribution in [1.29, 1.82) is 0 Å². The maximum atomic E-state index is 12.9. The summed E-state index contributed by atoms with van der Waals surface area (Å²) in [6, 6.07) is 9.77. The number of aromatic nitrogens is 1. The van der Waals surface area contributed by atoms with Crippen LogP contribution in [0, 0.1) is 0 Å². The molecule has 0 spiro atoms. The lowest BCUT2D eigenvalue weighted by Crippen LogP contribution is -2.40. The van der Waals surface area contributed by atoms with Gasteiger partial charge in [0.25, 0.3) is 5.91 Å². The van der Waals surface area contributed by atoms with Gasteiger partial charge < -0.3 is 19.9 Å². The average molecular weight is 485 g/mol. The molecular formula is C25H29ClN4O2S. The van der Waals surface area contributed by atoms with Crippen LogP contribution in [-0.4, -0.2) is 73.2 Å². The predicted molar refractivity (Wildman–Crippen MR) is 136 cm³/mol. The number of rotatable bonds is 7. The molecule has 2 saturated heterocycles. The number of pyridine rings is 1. The number of nitrogens with one attached hydrogen (secondary N) is 1. The molecule has 2 aromatic heterocycles. The van der Waals surface area contributed by atoms with Gasteiger partial charge in [0.05, 0.1) is 45.4 Å². The van der Waals surface area contributed by atoms with Crippen LogP contribution in [0.2, 0.25) is 5.02 Å². The number of hydrogen-bond acceptors (Lipinski definition) is 6. The van der Waals surface area contributed by atoms with Crippen LogP contribution in [0.1, 0.15) is 29.6 Å². The van der Waals surface area contributed by atoms with Crippen LogP contribution in [0.25, 0.3) is 21.5 Å². The zero-order valence-electron chi connectivity index (χ0n) is 18.7. The van der Waals surface area contributed by atoms with Gasteiger partial charge in [-0.1, -0.05) is 17.7 Å². The van der Waals surface area contributed by atoms with E-state index in [1.54, 1.807) is 16.2 Å². The Morgan fingerprint density at radius 3 is 2.73 bits per heavy atom. The first kappa shape index (κ1) is 22.6. The molecule has 0 radical (unpaired) electrons. The maximum absolute atomic E-state index is 12.9. The Kier molecular flexibility index (Phi) is 7.11. The molecule has 0 aliphatic carbocycles. The number of anilines is 1. The lowest BCUT2D eigenvalue weighted by Gasteiger charge is -2.27. The minimum Gasteiger partial charge on any atom is -0.384 e. The van der Waals surface area contributed by atoms with Crippen molar-refractivity contribution in [3.63, 3.8) is 0 Å². The topological polar surface area (TPSA) is 57.7 Å². The Hall–Kier alpha value is -2.19.